The Morgan fingerprint density at radius 3 is 2.88 bits per heavy atom. The van der Waals surface area contributed by atoms with Crippen LogP contribution in [0.2, 0.25) is 5.02 Å². The van der Waals surface area contributed by atoms with Gasteiger partial charge in [-0.3, -0.25) is 9.89 Å². The number of guanidine groups is 1. The van der Waals surface area contributed by atoms with Crippen LogP contribution in [0, 0.1) is 5.82 Å². The van der Waals surface area contributed by atoms with E-state index in [1.807, 2.05) is 6.92 Å². The molecule has 2 atom stereocenters. The topological polar surface area (TPSA) is 48.9 Å². The lowest BCUT2D eigenvalue weighted by Crippen LogP contribution is -2.48. The lowest BCUT2D eigenvalue weighted by atomic mass is 10.0. The van der Waals surface area contributed by atoms with Gasteiger partial charge in [0.1, 0.15) is 5.82 Å². The lowest BCUT2D eigenvalue weighted by molar-refractivity contribution is -0.0343. The third-order valence-electron chi connectivity index (χ3n) is 3.97. The molecule has 5 nitrogen and oxygen atoms in total. The number of halogens is 3. The van der Waals surface area contributed by atoms with Gasteiger partial charge in [0, 0.05) is 44.3 Å². The van der Waals surface area contributed by atoms with Crippen molar-refractivity contribution in [2.75, 3.05) is 40.3 Å². The molecule has 2 unspecified atom stereocenters. The van der Waals surface area contributed by atoms with Gasteiger partial charge in [-0.1, -0.05) is 17.7 Å². The van der Waals surface area contributed by atoms with E-state index in [4.69, 9.17) is 16.3 Å². The third kappa shape index (κ3) is 5.44. The summed E-state index contributed by atoms with van der Waals surface area (Å²) in [4.78, 5) is 6.30. The van der Waals surface area contributed by atoms with Gasteiger partial charge in [-0.05, 0) is 19.1 Å². The average Bonchev–Trinajstić information content (AvgIpc) is 2.53. The number of morpholine rings is 1. The maximum absolute atomic E-state index is 14.4. The molecule has 0 aliphatic carbocycles. The van der Waals surface area contributed by atoms with E-state index < -0.39 is 0 Å². The van der Waals surface area contributed by atoms with Gasteiger partial charge in [-0.25, -0.2) is 4.39 Å². The Morgan fingerprint density at radius 1 is 1.54 bits per heavy atom. The van der Waals surface area contributed by atoms with E-state index in [9.17, 15) is 4.39 Å². The molecule has 0 saturated carbocycles. The van der Waals surface area contributed by atoms with Gasteiger partial charge in [-0.2, -0.15) is 0 Å². The molecule has 0 radical (unpaired) electrons. The van der Waals surface area contributed by atoms with Crippen molar-refractivity contribution in [3.63, 3.8) is 0 Å². The predicted octanol–water partition coefficient (Wildman–Crippen LogP) is 2.65. The second-order valence-electron chi connectivity index (χ2n) is 5.53. The summed E-state index contributed by atoms with van der Waals surface area (Å²) in [6.45, 7) is 4.62. The maximum Gasteiger partial charge on any atom is 0.190 e. The summed E-state index contributed by atoms with van der Waals surface area (Å²) in [6.07, 6.45) is 0.111. The molecule has 1 saturated heterocycles. The summed E-state index contributed by atoms with van der Waals surface area (Å²) < 4.78 is 20.0. The highest BCUT2D eigenvalue weighted by atomic mass is 127. The van der Waals surface area contributed by atoms with Gasteiger partial charge >= 0.3 is 0 Å². The first-order valence-corrected chi connectivity index (χ1v) is 8.12. The molecule has 2 N–H and O–H groups in total. The minimum absolute atomic E-state index is 0. The summed E-state index contributed by atoms with van der Waals surface area (Å²) in [7, 11) is 3.48. The van der Waals surface area contributed by atoms with Crippen LogP contribution in [0.1, 0.15) is 18.5 Å². The fraction of sp³-hybridized carbons (Fsp3) is 0.562. The summed E-state index contributed by atoms with van der Waals surface area (Å²) >= 11 is 6.29. The number of hydrogen-bond acceptors (Lipinski definition) is 3. The number of nitrogens with one attached hydrogen (secondary N) is 2. The minimum Gasteiger partial charge on any atom is -0.376 e. The van der Waals surface area contributed by atoms with Crippen LogP contribution in [-0.2, 0) is 4.74 Å². The van der Waals surface area contributed by atoms with Gasteiger partial charge in [-0.15, -0.1) is 24.0 Å². The van der Waals surface area contributed by atoms with Gasteiger partial charge in [0.15, 0.2) is 5.96 Å². The van der Waals surface area contributed by atoms with Gasteiger partial charge in [0.25, 0.3) is 0 Å². The molecule has 24 heavy (non-hydrogen) atoms. The Labute approximate surface area is 165 Å². The molecular formula is C16H25ClFIN4O. The molecule has 1 heterocycles. The first-order valence-electron chi connectivity index (χ1n) is 7.74. The van der Waals surface area contributed by atoms with Crippen LogP contribution in [-0.4, -0.2) is 57.3 Å². The Bertz CT molecular complexity index is 541. The van der Waals surface area contributed by atoms with Crippen LogP contribution in [0.25, 0.3) is 0 Å². The van der Waals surface area contributed by atoms with Crippen LogP contribution in [0.4, 0.5) is 4.39 Å². The fourth-order valence-corrected chi connectivity index (χ4v) is 3.13. The second kappa shape index (κ2) is 10.4. The standard InChI is InChI=1S/C16H24ClFN4O.HI/c1-11-10-22(7-8-23-11)14(9-21-16(19-2)20-3)15-12(17)5-4-6-13(15)18;/h4-6,11,14H,7-10H2,1-3H3,(H2,19,20,21);1H. The summed E-state index contributed by atoms with van der Waals surface area (Å²) in [5.74, 6) is 0.367. The molecular weight excluding hydrogens is 446 g/mol. The molecule has 1 aromatic carbocycles. The van der Waals surface area contributed by atoms with Crippen LogP contribution >= 0.6 is 35.6 Å². The zero-order chi connectivity index (χ0) is 16.8. The molecule has 136 valence electrons. The van der Waals surface area contributed by atoms with Crippen molar-refractivity contribution in [1.82, 2.24) is 15.5 Å². The normalized spacial score (nSPS) is 20.2. The van der Waals surface area contributed by atoms with Gasteiger partial charge < -0.3 is 15.4 Å². The molecule has 0 bridgehead atoms. The third-order valence-corrected chi connectivity index (χ3v) is 4.30. The predicted molar refractivity (Wildman–Crippen MR) is 107 cm³/mol. The number of ether oxygens (including phenoxy) is 1. The van der Waals surface area contributed by atoms with E-state index in [1.54, 1.807) is 26.2 Å². The molecule has 1 aliphatic rings. The summed E-state index contributed by atoms with van der Waals surface area (Å²) in [6, 6.07) is 4.61. The molecule has 0 spiro atoms. The lowest BCUT2D eigenvalue weighted by Gasteiger charge is -2.38. The molecule has 1 fully saturated rings. The molecule has 0 aromatic heterocycles. The number of nitrogens with zero attached hydrogens (tertiary/aromatic N) is 2. The number of hydrogen-bond donors (Lipinski definition) is 2. The molecule has 8 heteroatoms. The van der Waals surface area contributed by atoms with E-state index in [2.05, 4.69) is 20.5 Å². The SMILES string of the molecule is CN=C(NC)NCC(c1c(F)cccc1Cl)N1CCOC(C)C1.I. The number of aliphatic imine (C=N–C) groups is 1. The smallest absolute Gasteiger partial charge is 0.190 e. The summed E-state index contributed by atoms with van der Waals surface area (Å²) in [5, 5.41) is 6.62. The molecule has 1 aromatic rings. The molecule has 1 aliphatic heterocycles. The monoisotopic (exact) mass is 470 g/mol. The average molecular weight is 471 g/mol. The van der Waals surface area contributed by atoms with Crippen molar-refractivity contribution >= 4 is 41.5 Å². The van der Waals surface area contributed by atoms with E-state index in [1.165, 1.54) is 6.07 Å². The van der Waals surface area contributed by atoms with Crippen molar-refractivity contribution in [2.45, 2.75) is 19.1 Å². The minimum atomic E-state index is -0.289. The van der Waals surface area contributed by atoms with Crippen molar-refractivity contribution in [1.29, 1.82) is 0 Å². The first kappa shape index (κ1) is 21.4. The molecule has 2 rings (SSSR count). The van der Waals surface area contributed by atoms with Crippen LogP contribution in [0.5, 0.6) is 0 Å². The van der Waals surface area contributed by atoms with E-state index in [0.29, 0.717) is 29.7 Å². The zero-order valence-electron chi connectivity index (χ0n) is 14.2. The Kier molecular flexibility index (Phi) is 9.25. The largest absolute Gasteiger partial charge is 0.376 e. The van der Waals surface area contributed by atoms with Crippen molar-refractivity contribution in [3.8, 4) is 0 Å². The second-order valence-corrected chi connectivity index (χ2v) is 5.94. The van der Waals surface area contributed by atoms with E-state index in [-0.39, 0.29) is 41.9 Å². The van der Waals surface area contributed by atoms with E-state index in [0.717, 1.165) is 13.1 Å². The Morgan fingerprint density at radius 2 is 2.29 bits per heavy atom. The quantitative estimate of drug-likeness (QED) is 0.404. The first-order chi connectivity index (χ1) is 11.1. The summed E-state index contributed by atoms with van der Waals surface area (Å²) in [5.41, 5.74) is 0.516. The zero-order valence-corrected chi connectivity index (χ0v) is 17.3. The number of rotatable bonds is 4. The van der Waals surface area contributed by atoms with Crippen LogP contribution in [0.3, 0.4) is 0 Å². The fourth-order valence-electron chi connectivity index (χ4n) is 2.84. The van der Waals surface area contributed by atoms with Gasteiger partial charge in [0.05, 0.1) is 18.8 Å². The van der Waals surface area contributed by atoms with Crippen LogP contribution in [0.15, 0.2) is 23.2 Å². The maximum atomic E-state index is 14.4. The van der Waals surface area contributed by atoms with Crippen molar-refractivity contribution in [2.24, 2.45) is 4.99 Å². The van der Waals surface area contributed by atoms with Crippen molar-refractivity contribution in [3.05, 3.63) is 34.6 Å². The van der Waals surface area contributed by atoms with Crippen LogP contribution < -0.4 is 10.6 Å². The molecule has 0 amide bonds. The van der Waals surface area contributed by atoms with E-state index >= 15 is 0 Å². The highest BCUT2D eigenvalue weighted by Crippen LogP contribution is 2.30. The van der Waals surface area contributed by atoms with Gasteiger partial charge in [0.2, 0.25) is 0 Å². The highest BCUT2D eigenvalue weighted by molar-refractivity contribution is 14.0. The Hall–Kier alpha value is -0.640. The van der Waals surface area contributed by atoms with Crippen molar-refractivity contribution < 1.29 is 9.13 Å². The highest BCUT2D eigenvalue weighted by Gasteiger charge is 2.29. The Balaban J connectivity index is 0.00000288. The number of benzene rings is 1.